The minimum absolute atomic E-state index is 0.0526. The van der Waals surface area contributed by atoms with E-state index in [1.54, 1.807) is 11.8 Å². The van der Waals surface area contributed by atoms with Crippen LogP contribution in [-0.4, -0.2) is 11.7 Å². The lowest BCUT2D eigenvalue weighted by atomic mass is 10.2. The van der Waals surface area contributed by atoms with E-state index in [1.807, 2.05) is 41.3 Å². The van der Waals surface area contributed by atoms with Crippen molar-refractivity contribution in [3.05, 3.63) is 63.0 Å². The lowest BCUT2D eigenvalue weighted by Crippen LogP contribution is -2.27. The van der Waals surface area contributed by atoms with Gasteiger partial charge in [-0.05, 0) is 42.0 Å². The summed E-state index contributed by atoms with van der Waals surface area (Å²) in [5, 5.41) is 0.0526. The van der Waals surface area contributed by atoms with Crippen molar-refractivity contribution in [1.82, 2.24) is 0 Å². The summed E-state index contributed by atoms with van der Waals surface area (Å²) >= 11 is 8.53. The molecule has 1 heterocycles. The summed E-state index contributed by atoms with van der Waals surface area (Å²) in [7, 11) is 0. The topological polar surface area (TPSA) is 20.3 Å². The Kier molecular flexibility index (Phi) is 4.19. The standard InChI is InChI=1S/C15H11Br2NOS/c16-11-3-1-10(2-4-11)15-18(14(19)9-20-15)13-7-5-12(17)6-8-13/h1-8,15H,9H2. The molecule has 5 heteroatoms. The number of thioether (sulfide) groups is 1. The Bertz CT molecular complexity index is 627. The molecule has 0 radical (unpaired) electrons. The van der Waals surface area contributed by atoms with Gasteiger partial charge in [0, 0.05) is 14.6 Å². The summed E-state index contributed by atoms with van der Waals surface area (Å²) in [5.41, 5.74) is 2.09. The summed E-state index contributed by atoms with van der Waals surface area (Å²) in [5.74, 6) is 0.682. The first-order valence-electron chi connectivity index (χ1n) is 6.10. The van der Waals surface area contributed by atoms with E-state index < -0.39 is 0 Å². The average Bonchev–Trinajstić information content (AvgIpc) is 2.83. The van der Waals surface area contributed by atoms with Crippen molar-refractivity contribution in [2.45, 2.75) is 5.37 Å². The smallest absolute Gasteiger partial charge is 0.238 e. The molecule has 2 nitrogen and oxygen atoms in total. The van der Waals surface area contributed by atoms with E-state index in [0.717, 1.165) is 20.2 Å². The third kappa shape index (κ3) is 2.80. The number of anilines is 1. The van der Waals surface area contributed by atoms with E-state index in [1.165, 1.54) is 0 Å². The van der Waals surface area contributed by atoms with Gasteiger partial charge in [-0.3, -0.25) is 9.69 Å². The zero-order chi connectivity index (χ0) is 14.1. The Morgan fingerprint density at radius 3 is 2.10 bits per heavy atom. The summed E-state index contributed by atoms with van der Waals surface area (Å²) < 4.78 is 2.06. The third-order valence-corrected chi connectivity index (χ3v) is 5.40. The highest BCUT2D eigenvalue weighted by Gasteiger charge is 2.33. The molecular formula is C15H11Br2NOS. The van der Waals surface area contributed by atoms with Crippen molar-refractivity contribution in [3.63, 3.8) is 0 Å². The van der Waals surface area contributed by atoms with Crippen LogP contribution in [0, 0.1) is 0 Å². The monoisotopic (exact) mass is 411 g/mol. The molecule has 2 aromatic carbocycles. The molecule has 2 aromatic rings. The fraction of sp³-hybridized carbons (Fsp3) is 0.133. The molecule has 0 saturated carbocycles. The molecule has 1 unspecified atom stereocenters. The highest BCUT2D eigenvalue weighted by molar-refractivity contribution is 9.10. The quantitative estimate of drug-likeness (QED) is 0.692. The van der Waals surface area contributed by atoms with Crippen LogP contribution in [0.25, 0.3) is 0 Å². The van der Waals surface area contributed by atoms with Gasteiger partial charge in [-0.1, -0.05) is 44.0 Å². The summed E-state index contributed by atoms with van der Waals surface area (Å²) in [6, 6.07) is 16.0. The van der Waals surface area contributed by atoms with Gasteiger partial charge in [-0.25, -0.2) is 0 Å². The number of halogens is 2. The Morgan fingerprint density at radius 1 is 0.950 bits per heavy atom. The Hall–Kier alpha value is -0.780. The normalized spacial score (nSPS) is 18.6. The molecule has 20 heavy (non-hydrogen) atoms. The van der Waals surface area contributed by atoms with Crippen LogP contribution in [0.2, 0.25) is 0 Å². The molecule has 0 bridgehead atoms. The first-order chi connectivity index (χ1) is 9.65. The highest BCUT2D eigenvalue weighted by Crippen LogP contribution is 2.42. The Balaban J connectivity index is 1.96. The van der Waals surface area contributed by atoms with Gasteiger partial charge in [-0.2, -0.15) is 0 Å². The molecule has 1 amide bonds. The van der Waals surface area contributed by atoms with E-state index >= 15 is 0 Å². The number of amides is 1. The number of hydrogen-bond acceptors (Lipinski definition) is 2. The lowest BCUT2D eigenvalue weighted by molar-refractivity contribution is -0.115. The lowest BCUT2D eigenvalue weighted by Gasteiger charge is -2.24. The first-order valence-corrected chi connectivity index (χ1v) is 8.73. The predicted molar refractivity (Wildman–Crippen MR) is 91.0 cm³/mol. The van der Waals surface area contributed by atoms with E-state index in [0.29, 0.717) is 5.75 Å². The van der Waals surface area contributed by atoms with Crippen LogP contribution >= 0.6 is 43.6 Å². The summed E-state index contributed by atoms with van der Waals surface area (Å²) in [4.78, 5) is 14.1. The Labute approximate surface area is 138 Å². The van der Waals surface area contributed by atoms with Crippen molar-refractivity contribution in [1.29, 1.82) is 0 Å². The van der Waals surface area contributed by atoms with E-state index in [4.69, 9.17) is 0 Å². The van der Waals surface area contributed by atoms with Gasteiger partial charge in [0.2, 0.25) is 5.91 Å². The first kappa shape index (κ1) is 14.2. The predicted octanol–water partition coefficient (Wildman–Crippen LogP) is 4.99. The van der Waals surface area contributed by atoms with Gasteiger partial charge >= 0.3 is 0 Å². The maximum atomic E-state index is 12.2. The van der Waals surface area contributed by atoms with Crippen molar-refractivity contribution in [2.75, 3.05) is 10.7 Å². The fourth-order valence-corrected chi connectivity index (χ4v) is 3.89. The van der Waals surface area contributed by atoms with E-state index in [2.05, 4.69) is 44.0 Å². The van der Waals surface area contributed by atoms with Gasteiger partial charge in [0.15, 0.2) is 0 Å². The second-order valence-electron chi connectivity index (χ2n) is 4.46. The van der Waals surface area contributed by atoms with E-state index in [-0.39, 0.29) is 11.3 Å². The number of carbonyl (C=O) groups is 1. The van der Waals surface area contributed by atoms with Gasteiger partial charge in [0.05, 0.1) is 5.75 Å². The molecule has 0 aromatic heterocycles. The Morgan fingerprint density at radius 2 is 1.50 bits per heavy atom. The molecule has 1 fully saturated rings. The van der Waals surface area contributed by atoms with Crippen LogP contribution in [0.5, 0.6) is 0 Å². The van der Waals surface area contributed by atoms with Crippen molar-refractivity contribution < 1.29 is 4.79 Å². The number of hydrogen-bond donors (Lipinski definition) is 0. The molecule has 0 spiro atoms. The van der Waals surface area contributed by atoms with Crippen LogP contribution in [0.15, 0.2) is 57.5 Å². The SMILES string of the molecule is O=C1CSC(c2ccc(Br)cc2)N1c1ccc(Br)cc1. The number of carbonyl (C=O) groups excluding carboxylic acids is 1. The van der Waals surface area contributed by atoms with Crippen LogP contribution in [-0.2, 0) is 4.79 Å². The summed E-state index contributed by atoms with van der Waals surface area (Å²) in [6.45, 7) is 0. The molecule has 1 atom stereocenters. The highest BCUT2D eigenvalue weighted by atomic mass is 79.9. The van der Waals surface area contributed by atoms with Crippen molar-refractivity contribution in [3.8, 4) is 0 Å². The van der Waals surface area contributed by atoms with Crippen LogP contribution < -0.4 is 4.90 Å². The number of benzene rings is 2. The van der Waals surface area contributed by atoms with Crippen molar-refractivity contribution >= 4 is 55.2 Å². The zero-order valence-corrected chi connectivity index (χ0v) is 14.4. The van der Waals surface area contributed by atoms with Crippen LogP contribution in [0.1, 0.15) is 10.9 Å². The maximum absolute atomic E-state index is 12.2. The maximum Gasteiger partial charge on any atom is 0.238 e. The average molecular weight is 413 g/mol. The molecule has 1 aliphatic heterocycles. The molecule has 1 saturated heterocycles. The van der Waals surface area contributed by atoms with Gasteiger partial charge in [0.25, 0.3) is 0 Å². The third-order valence-electron chi connectivity index (χ3n) is 3.13. The molecule has 1 aliphatic rings. The summed E-state index contributed by atoms with van der Waals surface area (Å²) in [6.07, 6.45) is 0. The largest absolute Gasteiger partial charge is 0.295 e. The fourth-order valence-electron chi connectivity index (χ4n) is 2.18. The van der Waals surface area contributed by atoms with Crippen LogP contribution in [0.4, 0.5) is 5.69 Å². The second-order valence-corrected chi connectivity index (χ2v) is 7.35. The van der Waals surface area contributed by atoms with Gasteiger partial charge in [-0.15, -0.1) is 11.8 Å². The van der Waals surface area contributed by atoms with E-state index in [9.17, 15) is 4.79 Å². The molecular weight excluding hydrogens is 402 g/mol. The van der Waals surface area contributed by atoms with Crippen LogP contribution in [0.3, 0.4) is 0 Å². The molecule has 0 N–H and O–H groups in total. The molecule has 3 rings (SSSR count). The number of rotatable bonds is 2. The number of nitrogens with zero attached hydrogens (tertiary/aromatic N) is 1. The minimum atomic E-state index is 0.0526. The van der Waals surface area contributed by atoms with Crippen molar-refractivity contribution in [2.24, 2.45) is 0 Å². The minimum Gasteiger partial charge on any atom is -0.295 e. The second kappa shape index (κ2) is 5.92. The van der Waals surface area contributed by atoms with Gasteiger partial charge < -0.3 is 0 Å². The molecule has 0 aliphatic carbocycles. The van der Waals surface area contributed by atoms with Gasteiger partial charge in [0.1, 0.15) is 5.37 Å². The molecule has 102 valence electrons. The zero-order valence-electron chi connectivity index (χ0n) is 10.4.